The lowest BCUT2D eigenvalue weighted by atomic mass is 10.1. The number of anilines is 1. The van der Waals surface area contributed by atoms with Gasteiger partial charge in [-0.05, 0) is 19.9 Å². The molecule has 1 aromatic heterocycles. The van der Waals surface area contributed by atoms with E-state index < -0.39 is 0 Å². The first-order chi connectivity index (χ1) is 9.90. The fourth-order valence-electron chi connectivity index (χ4n) is 2.01. The Morgan fingerprint density at radius 3 is 2.43 bits per heavy atom. The second-order valence-electron chi connectivity index (χ2n) is 5.39. The van der Waals surface area contributed by atoms with Gasteiger partial charge in [0.25, 0.3) is 0 Å². The maximum Gasteiger partial charge on any atom is 0.137 e. The van der Waals surface area contributed by atoms with Crippen LogP contribution in [-0.2, 0) is 0 Å². The highest BCUT2D eigenvalue weighted by Crippen LogP contribution is 2.27. The lowest BCUT2D eigenvalue weighted by molar-refractivity contribution is 0.599. The fourth-order valence-corrected chi connectivity index (χ4v) is 2.19. The molecular formula is C16H19ClFN3. The summed E-state index contributed by atoms with van der Waals surface area (Å²) >= 11 is 6.16. The summed E-state index contributed by atoms with van der Waals surface area (Å²) in [5, 5.41) is 3.66. The Labute approximate surface area is 129 Å². The third-order valence-electron chi connectivity index (χ3n) is 3.35. The molecule has 2 aromatic rings. The molecule has 21 heavy (non-hydrogen) atoms. The number of hydrogen-bond acceptors (Lipinski definition) is 3. The highest BCUT2D eigenvalue weighted by molar-refractivity contribution is 6.30. The summed E-state index contributed by atoms with van der Waals surface area (Å²) in [4.78, 5) is 8.77. The molecule has 0 aliphatic heterocycles. The Morgan fingerprint density at radius 1 is 1.14 bits per heavy atom. The summed E-state index contributed by atoms with van der Waals surface area (Å²) in [5.41, 5.74) is 1.36. The third-order valence-corrected chi connectivity index (χ3v) is 3.71. The Balaban J connectivity index is 2.33. The molecular weight excluding hydrogens is 289 g/mol. The zero-order valence-electron chi connectivity index (χ0n) is 12.6. The molecule has 5 heteroatoms. The summed E-state index contributed by atoms with van der Waals surface area (Å²) < 4.78 is 13.8. The highest BCUT2D eigenvalue weighted by Gasteiger charge is 2.16. The molecule has 0 amide bonds. The SMILES string of the molecule is Cc1c(Cl)nc(C(C)C)nc1NC(C)c1ccccc1F. The van der Waals surface area contributed by atoms with Gasteiger partial charge in [-0.2, -0.15) is 0 Å². The third kappa shape index (κ3) is 3.50. The summed E-state index contributed by atoms with van der Waals surface area (Å²) in [6.45, 7) is 7.75. The van der Waals surface area contributed by atoms with Crippen LogP contribution in [0, 0.1) is 12.7 Å². The van der Waals surface area contributed by atoms with Crippen LogP contribution < -0.4 is 5.32 Å². The largest absolute Gasteiger partial charge is 0.363 e. The van der Waals surface area contributed by atoms with Crippen molar-refractivity contribution in [3.8, 4) is 0 Å². The van der Waals surface area contributed by atoms with Gasteiger partial charge in [0.15, 0.2) is 0 Å². The average molecular weight is 308 g/mol. The normalized spacial score (nSPS) is 12.5. The van der Waals surface area contributed by atoms with E-state index in [9.17, 15) is 4.39 Å². The van der Waals surface area contributed by atoms with Crippen molar-refractivity contribution in [2.75, 3.05) is 5.32 Å². The fraction of sp³-hybridized carbons (Fsp3) is 0.375. The monoisotopic (exact) mass is 307 g/mol. The summed E-state index contributed by atoms with van der Waals surface area (Å²) in [5.74, 6) is 1.26. The van der Waals surface area contributed by atoms with E-state index in [2.05, 4.69) is 15.3 Å². The molecule has 1 N–H and O–H groups in total. The van der Waals surface area contributed by atoms with Gasteiger partial charge in [-0.1, -0.05) is 43.6 Å². The molecule has 0 spiro atoms. The van der Waals surface area contributed by atoms with Gasteiger partial charge in [0.1, 0.15) is 22.6 Å². The summed E-state index contributed by atoms with van der Waals surface area (Å²) in [7, 11) is 0. The number of hydrogen-bond donors (Lipinski definition) is 1. The first-order valence-corrected chi connectivity index (χ1v) is 7.33. The molecule has 0 aliphatic rings. The van der Waals surface area contributed by atoms with Crippen molar-refractivity contribution >= 4 is 17.4 Å². The van der Waals surface area contributed by atoms with E-state index in [0.29, 0.717) is 22.4 Å². The predicted octanol–water partition coefficient (Wildman–Crippen LogP) is 4.87. The van der Waals surface area contributed by atoms with Gasteiger partial charge in [0.05, 0.1) is 6.04 Å². The Hall–Kier alpha value is -1.68. The smallest absolute Gasteiger partial charge is 0.137 e. The summed E-state index contributed by atoms with van der Waals surface area (Å²) in [6, 6.07) is 6.49. The quantitative estimate of drug-likeness (QED) is 0.819. The minimum Gasteiger partial charge on any atom is -0.363 e. The molecule has 0 saturated carbocycles. The molecule has 0 aliphatic carbocycles. The van der Waals surface area contributed by atoms with E-state index in [1.807, 2.05) is 33.8 Å². The molecule has 112 valence electrons. The lowest BCUT2D eigenvalue weighted by Gasteiger charge is -2.18. The van der Waals surface area contributed by atoms with Crippen LogP contribution in [0.1, 0.15) is 49.7 Å². The van der Waals surface area contributed by atoms with Crippen LogP contribution in [0.5, 0.6) is 0 Å². The van der Waals surface area contributed by atoms with Crippen molar-refractivity contribution in [2.24, 2.45) is 0 Å². The highest BCUT2D eigenvalue weighted by atomic mass is 35.5. The van der Waals surface area contributed by atoms with Gasteiger partial charge in [0.2, 0.25) is 0 Å². The first-order valence-electron chi connectivity index (χ1n) is 6.95. The molecule has 2 rings (SSSR count). The number of nitrogens with zero attached hydrogens (tertiary/aromatic N) is 2. The molecule has 0 radical (unpaired) electrons. The lowest BCUT2D eigenvalue weighted by Crippen LogP contribution is -2.13. The average Bonchev–Trinajstić information content (AvgIpc) is 2.43. The van der Waals surface area contributed by atoms with Crippen LogP contribution in [0.15, 0.2) is 24.3 Å². The molecule has 0 bridgehead atoms. The molecule has 1 atom stereocenters. The summed E-state index contributed by atoms with van der Waals surface area (Å²) in [6.07, 6.45) is 0. The van der Waals surface area contributed by atoms with Crippen LogP contribution in [0.25, 0.3) is 0 Å². The van der Waals surface area contributed by atoms with Gasteiger partial charge >= 0.3 is 0 Å². The second kappa shape index (κ2) is 6.39. The molecule has 1 unspecified atom stereocenters. The van der Waals surface area contributed by atoms with Gasteiger partial charge in [0, 0.05) is 17.0 Å². The predicted molar refractivity (Wildman–Crippen MR) is 84.3 cm³/mol. The van der Waals surface area contributed by atoms with Gasteiger partial charge in [-0.15, -0.1) is 0 Å². The van der Waals surface area contributed by atoms with Gasteiger partial charge in [-0.3, -0.25) is 0 Å². The van der Waals surface area contributed by atoms with Gasteiger partial charge < -0.3 is 5.32 Å². The molecule has 0 fully saturated rings. The first kappa shape index (κ1) is 15.7. The van der Waals surface area contributed by atoms with Crippen LogP contribution in [0.2, 0.25) is 5.15 Å². The Morgan fingerprint density at radius 2 is 1.81 bits per heavy atom. The zero-order valence-corrected chi connectivity index (χ0v) is 13.4. The van der Waals surface area contributed by atoms with Crippen LogP contribution >= 0.6 is 11.6 Å². The van der Waals surface area contributed by atoms with Crippen molar-refractivity contribution in [1.82, 2.24) is 9.97 Å². The van der Waals surface area contributed by atoms with E-state index >= 15 is 0 Å². The second-order valence-corrected chi connectivity index (χ2v) is 5.75. The van der Waals surface area contributed by atoms with Crippen molar-refractivity contribution in [2.45, 2.75) is 39.7 Å². The topological polar surface area (TPSA) is 37.8 Å². The van der Waals surface area contributed by atoms with Crippen molar-refractivity contribution in [3.63, 3.8) is 0 Å². The van der Waals surface area contributed by atoms with E-state index in [1.54, 1.807) is 12.1 Å². The molecule has 0 saturated heterocycles. The zero-order chi connectivity index (χ0) is 15.6. The number of nitrogens with one attached hydrogen (secondary N) is 1. The van der Waals surface area contributed by atoms with E-state index in [4.69, 9.17) is 11.6 Å². The molecule has 1 aromatic carbocycles. The number of benzene rings is 1. The standard InChI is InChI=1S/C16H19ClFN3/c1-9(2)15-20-14(17)10(3)16(21-15)19-11(4)12-7-5-6-8-13(12)18/h5-9,11H,1-4H3,(H,19,20,21). The maximum absolute atomic E-state index is 13.8. The number of rotatable bonds is 4. The van der Waals surface area contributed by atoms with Crippen molar-refractivity contribution < 1.29 is 4.39 Å². The van der Waals surface area contributed by atoms with E-state index in [1.165, 1.54) is 6.07 Å². The van der Waals surface area contributed by atoms with Gasteiger partial charge in [-0.25, -0.2) is 14.4 Å². The molecule has 3 nitrogen and oxygen atoms in total. The number of halogens is 2. The molecule has 1 heterocycles. The van der Waals surface area contributed by atoms with E-state index in [0.717, 1.165) is 5.56 Å². The minimum absolute atomic E-state index is 0.174. The van der Waals surface area contributed by atoms with Crippen LogP contribution in [0.4, 0.5) is 10.2 Å². The number of aromatic nitrogens is 2. The van der Waals surface area contributed by atoms with Crippen molar-refractivity contribution in [1.29, 1.82) is 0 Å². The van der Waals surface area contributed by atoms with Crippen molar-refractivity contribution in [3.05, 3.63) is 52.2 Å². The van der Waals surface area contributed by atoms with E-state index in [-0.39, 0.29) is 17.8 Å². The van der Waals surface area contributed by atoms with Crippen LogP contribution in [0.3, 0.4) is 0 Å². The minimum atomic E-state index is -0.237. The maximum atomic E-state index is 13.8. The Kier molecular flexibility index (Phi) is 4.78. The Bertz CT molecular complexity index is 643. The van der Waals surface area contributed by atoms with Crippen LogP contribution in [-0.4, -0.2) is 9.97 Å².